The van der Waals surface area contributed by atoms with Crippen molar-refractivity contribution >= 4 is 17.7 Å². The zero-order chi connectivity index (χ0) is 11.5. The van der Waals surface area contributed by atoms with Crippen LogP contribution >= 0.6 is 0 Å². The second-order valence-corrected chi connectivity index (χ2v) is 4.41. The minimum absolute atomic E-state index is 1.15. The van der Waals surface area contributed by atoms with E-state index in [-0.39, 0.29) is 0 Å². The minimum atomic E-state index is 1.15. The molecule has 1 nitrogen and oxygen atoms in total. The van der Waals surface area contributed by atoms with Gasteiger partial charge in [-0.2, -0.15) is 0 Å². The van der Waals surface area contributed by atoms with Crippen molar-refractivity contribution in [1.29, 1.82) is 0 Å². The third-order valence-electron chi connectivity index (χ3n) is 2.91. The molecule has 15 heavy (non-hydrogen) atoms. The second kappa shape index (κ2) is 10.8. The van der Waals surface area contributed by atoms with Crippen LogP contribution in [0, 0.1) is 0 Å². The van der Waals surface area contributed by atoms with Crippen LogP contribution in [0.3, 0.4) is 0 Å². The molecule has 0 fully saturated rings. The molecule has 0 saturated heterocycles. The molecule has 0 unspecified atom stereocenters. The van der Waals surface area contributed by atoms with Gasteiger partial charge in [-0.1, -0.05) is 0 Å². The Bertz CT molecular complexity index is 158. The summed E-state index contributed by atoms with van der Waals surface area (Å²) in [5, 5.41) is 1.19. The number of unbranched alkanes of at least 4 members (excludes halogenated alkanes) is 2. The molecule has 0 aromatic rings. The zero-order valence-corrected chi connectivity index (χ0v) is 11.2. The average Bonchev–Trinajstić information content (AvgIpc) is 2.27. The Hall–Kier alpha value is 0.297. The van der Waals surface area contributed by atoms with Crippen LogP contribution in [0.25, 0.3) is 0 Å². The van der Waals surface area contributed by atoms with Crippen molar-refractivity contribution in [2.45, 2.75) is 51.5 Å². The molecule has 0 bridgehead atoms. The molecule has 0 amide bonds. The van der Waals surface area contributed by atoms with Crippen molar-refractivity contribution in [2.24, 2.45) is 0 Å². The molecule has 84 valence electrons. The molecule has 0 heterocycles. The fourth-order valence-corrected chi connectivity index (χ4v) is 1.49. The van der Waals surface area contributed by atoms with Crippen LogP contribution in [0.1, 0.15) is 46.5 Å². The Balaban J connectivity index is 3.88. The van der Waals surface area contributed by atoms with E-state index in [1.165, 1.54) is 49.4 Å². The van der Waals surface area contributed by atoms with Crippen molar-refractivity contribution in [3.63, 3.8) is 0 Å². The Labute approximate surface area is 106 Å². The molecular weight excluding hydrogens is 177 g/mol. The molecule has 0 aromatic heterocycles. The second-order valence-electron chi connectivity index (χ2n) is 4.41. The van der Waals surface area contributed by atoms with E-state index in [0.717, 1.165) is 6.54 Å². The molecule has 0 aromatic carbocycles. The molecular formula is C13H26LiN. The fraction of sp³-hybridized carbons (Fsp3) is 0.846. The van der Waals surface area contributed by atoms with Gasteiger partial charge in [-0.25, -0.2) is 0 Å². The van der Waals surface area contributed by atoms with E-state index in [2.05, 4.69) is 49.5 Å². The van der Waals surface area contributed by atoms with E-state index in [1.807, 2.05) is 0 Å². The third-order valence-corrected chi connectivity index (χ3v) is 2.91. The third kappa shape index (κ3) is 9.24. The van der Waals surface area contributed by atoms with E-state index in [0.29, 0.717) is 0 Å². The van der Waals surface area contributed by atoms with Gasteiger partial charge in [-0.3, -0.25) is 0 Å². The predicted octanol–water partition coefficient (Wildman–Crippen LogP) is 3.42. The van der Waals surface area contributed by atoms with Gasteiger partial charge in [0.05, 0.1) is 0 Å². The fourth-order valence-electron chi connectivity index (χ4n) is 1.49. The monoisotopic (exact) mass is 203 g/mol. The molecule has 0 aliphatic heterocycles. The van der Waals surface area contributed by atoms with E-state index >= 15 is 0 Å². The van der Waals surface area contributed by atoms with Crippen molar-refractivity contribution in [2.75, 3.05) is 19.6 Å². The van der Waals surface area contributed by atoms with Crippen LogP contribution < -0.4 is 0 Å². The molecule has 0 saturated carbocycles. The van der Waals surface area contributed by atoms with E-state index in [9.17, 15) is 0 Å². The van der Waals surface area contributed by atoms with Gasteiger partial charge in [-0.05, 0) is 0 Å². The molecule has 0 rings (SSSR count). The van der Waals surface area contributed by atoms with Crippen molar-refractivity contribution in [1.82, 2.24) is 4.90 Å². The topological polar surface area (TPSA) is 3.24 Å². The first kappa shape index (κ1) is 15.3. The van der Waals surface area contributed by atoms with Gasteiger partial charge < -0.3 is 0 Å². The van der Waals surface area contributed by atoms with Gasteiger partial charge in [0.1, 0.15) is 0 Å². The normalized spacial score (nSPS) is 12.5. The van der Waals surface area contributed by atoms with Gasteiger partial charge in [-0.15, -0.1) is 0 Å². The summed E-state index contributed by atoms with van der Waals surface area (Å²) < 4.78 is 0. The van der Waals surface area contributed by atoms with Crippen LogP contribution in [-0.2, 0) is 0 Å². The molecule has 2 heteroatoms. The molecule has 0 N–H and O–H groups in total. The van der Waals surface area contributed by atoms with Crippen LogP contribution in [0.15, 0.2) is 11.6 Å². The van der Waals surface area contributed by atoms with Crippen LogP contribution in [0.2, 0.25) is 5.09 Å². The predicted molar refractivity (Wildman–Crippen MR) is 70.6 cm³/mol. The first-order chi connectivity index (χ1) is 7.24. The maximum absolute atomic E-state index is 2.59. The summed E-state index contributed by atoms with van der Waals surface area (Å²) in [5.41, 5.74) is 1.52. The summed E-state index contributed by atoms with van der Waals surface area (Å²) >= 11 is 2.23. The van der Waals surface area contributed by atoms with Crippen LogP contribution in [0.5, 0.6) is 0 Å². The van der Waals surface area contributed by atoms with Crippen molar-refractivity contribution in [3.8, 4) is 0 Å². The summed E-state index contributed by atoms with van der Waals surface area (Å²) in [5.74, 6) is 0. The van der Waals surface area contributed by atoms with Gasteiger partial charge in [0.2, 0.25) is 0 Å². The van der Waals surface area contributed by atoms with Crippen molar-refractivity contribution in [3.05, 3.63) is 11.6 Å². The summed E-state index contributed by atoms with van der Waals surface area (Å²) in [6, 6.07) is 0. The number of nitrogens with zero attached hydrogens (tertiary/aromatic N) is 1. The number of rotatable bonds is 9. The summed E-state index contributed by atoms with van der Waals surface area (Å²) in [6.07, 6.45) is 7.68. The Morgan fingerprint density at radius 3 is 2.07 bits per heavy atom. The molecule has 0 radical (unpaired) electrons. The molecule has 0 aliphatic carbocycles. The Morgan fingerprint density at radius 2 is 1.67 bits per heavy atom. The van der Waals surface area contributed by atoms with E-state index in [1.54, 1.807) is 0 Å². The van der Waals surface area contributed by atoms with Gasteiger partial charge in [0, 0.05) is 0 Å². The van der Waals surface area contributed by atoms with Crippen LogP contribution in [-0.4, -0.2) is 42.2 Å². The van der Waals surface area contributed by atoms with Gasteiger partial charge >= 0.3 is 105 Å². The SMILES string of the molecule is [Li][CH2]/C(C)=C/CN(CCCC)CCCC. The van der Waals surface area contributed by atoms with Crippen LogP contribution in [0.4, 0.5) is 0 Å². The first-order valence-corrected chi connectivity index (χ1v) is 6.62. The standard InChI is InChI=1S/C13H26N.Li/c1-5-7-10-14(11-8-6-2)12-9-13(3)4;/h9H,3,5-8,10-12H2,1-2,4H3;/b13-9-;. The van der Waals surface area contributed by atoms with Gasteiger partial charge in [0.25, 0.3) is 0 Å². The number of hydrogen-bond acceptors (Lipinski definition) is 1. The molecule has 0 spiro atoms. The summed E-state index contributed by atoms with van der Waals surface area (Å²) in [7, 11) is 0. The Kier molecular flexibility index (Phi) is 11.0. The van der Waals surface area contributed by atoms with Gasteiger partial charge in [0.15, 0.2) is 0 Å². The number of hydrogen-bond donors (Lipinski definition) is 0. The van der Waals surface area contributed by atoms with Crippen molar-refractivity contribution < 1.29 is 0 Å². The average molecular weight is 203 g/mol. The molecule has 0 aliphatic rings. The Morgan fingerprint density at radius 1 is 1.13 bits per heavy atom. The summed E-state index contributed by atoms with van der Waals surface area (Å²) in [4.78, 5) is 2.59. The maximum atomic E-state index is 2.59. The first-order valence-electron chi connectivity index (χ1n) is 6.62. The summed E-state index contributed by atoms with van der Waals surface area (Å²) in [6.45, 7) is 10.5. The molecule has 0 atom stereocenters. The zero-order valence-electron chi connectivity index (χ0n) is 11.2. The van der Waals surface area contributed by atoms with E-state index in [4.69, 9.17) is 0 Å². The number of allylic oxidation sites excluding steroid dienone is 1. The van der Waals surface area contributed by atoms with E-state index < -0.39 is 0 Å². The quantitative estimate of drug-likeness (QED) is 0.410.